The van der Waals surface area contributed by atoms with E-state index in [1.54, 1.807) is 0 Å². The molecular formula is C17H26N4O2. The summed E-state index contributed by atoms with van der Waals surface area (Å²) >= 11 is 0. The van der Waals surface area contributed by atoms with E-state index < -0.39 is 0 Å². The zero-order valence-electron chi connectivity index (χ0n) is 13.9. The third-order valence-electron chi connectivity index (χ3n) is 5.25. The number of amides is 2. The number of nitrogens with zero attached hydrogens (tertiary/aromatic N) is 4. The highest BCUT2D eigenvalue weighted by Crippen LogP contribution is 2.31. The number of urea groups is 1. The Balaban J connectivity index is 1.47. The Morgan fingerprint density at radius 1 is 1.26 bits per heavy atom. The van der Waals surface area contributed by atoms with Gasteiger partial charge in [-0.25, -0.2) is 9.78 Å². The van der Waals surface area contributed by atoms with Gasteiger partial charge in [0, 0.05) is 44.9 Å². The quantitative estimate of drug-likeness (QED) is 0.853. The summed E-state index contributed by atoms with van der Waals surface area (Å²) in [6, 6.07) is 0.172. The molecule has 1 aromatic heterocycles. The molecule has 1 aromatic rings. The average molecular weight is 318 g/mol. The van der Waals surface area contributed by atoms with Crippen molar-refractivity contribution in [2.24, 2.45) is 13.0 Å². The minimum Gasteiger partial charge on any atom is -0.380 e. The molecule has 2 amide bonds. The second kappa shape index (κ2) is 6.15. The third kappa shape index (κ3) is 3.09. The Bertz CT molecular complexity index is 575. The van der Waals surface area contributed by atoms with Crippen molar-refractivity contribution in [3.8, 4) is 0 Å². The summed E-state index contributed by atoms with van der Waals surface area (Å²) in [6.07, 6.45) is 6.73. The summed E-state index contributed by atoms with van der Waals surface area (Å²) in [6.45, 7) is 4.72. The number of fused-ring (bicyclic) bond motifs is 1. The van der Waals surface area contributed by atoms with Gasteiger partial charge in [0.15, 0.2) is 0 Å². The Labute approximate surface area is 137 Å². The molecule has 1 aliphatic carbocycles. The molecule has 3 heterocycles. The maximum atomic E-state index is 12.7. The van der Waals surface area contributed by atoms with Crippen LogP contribution in [-0.2, 0) is 18.3 Å². The second-order valence-corrected chi connectivity index (χ2v) is 7.22. The first-order valence-corrected chi connectivity index (χ1v) is 8.84. The summed E-state index contributed by atoms with van der Waals surface area (Å²) < 4.78 is 8.03. The molecule has 0 unspecified atom stereocenters. The van der Waals surface area contributed by atoms with Crippen molar-refractivity contribution in [1.82, 2.24) is 19.4 Å². The summed E-state index contributed by atoms with van der Waals surface area (Å²) in [5.74, 6) is 1.00. The average Bonchev–Trinajstić information content (AvgIpc) is 3.07. The van der Waals surface area contributed by atoms with E-state index >= 15 is 0 Å². The first-order valence-electron chi connectivity index (χ1n) is 8.84. The fraction of sp³-hybridized carbons (Fsp3) is 0.765. The monoisotopic (exact) mass is 318 g/mol. The van der Waals surface area contributed by atoms with Crippen LogP contribution in [0.3, 0.4) is 0 Å². The molecule has 0 N–H and O–H groups in total. The largest absolute Gasteiger partial charge is 0.380 e. The van der Waals surface area contributed by atoms with E-state index in [0.717, 1.165) is 50.7 Å². The highest BCUT2D eigenvalue weighted by Gasteiger charge is 2.34. The van der Waals surface area contributed by atoms with Crippen LogP contribution < -0.4 is 0 Å². The first kappa shape index (κ1) is 15.0. The normalized spacial score (nSPS) is 24.1. The molecular weight excluding hydrogens is 292 g/mol. The van der Waals surface area contributed by atoms with Gasteiger partial charge in [-0.05, 0) is 31.6 Å². The van der Waals surface area contributed by atoms with Gasteiger partial charge in [0.25, 0.3) is 0 Å². The standard InChI is InChI=1S/C17H26N4O2/c1-19-12-18-15-9-21(17(22)20-6-2-3-7-20)8-14(16(15)19)11-23-10-13-4-5-13/h12-14H,2-11H2,1H3/t14-/m0/s1. The van der Waals surface area contributed by atoms with Gasteiger partial charge in [-0.3, -0.25) is 0 Å². The van der Waals surface area contributed by atoms with Gasteiger partial charge in [-0.1, -0.05) is 0 Å². The molecule has 4 rings (SSSR count). The Morgan fingerprint density at radius 3 is 2.78 bits per heavy atom. The second-order valence-electron chi connectivity index (χ2n) is 7.22. The lowest BCUT2D eigenvalue weighted by Gasteiger charge is -2.35. The predicted octanol–water partition coefficient (Wildman–Crippen LogP) is 1.96. The summed E-state index contributed by atoms with van der Waals surface area (Å²) in [4.78, 5) is 21.2. The van der Waals surface area contributed by atoms with Crippen LogP contribution in [0.1, 0.15) is 43.0 Å². The van der Waals surface area contributed by atoms with Crippen molar-refractivity contribution in [3.05, 3.63) is 17.7 Å². The van der Waals surface area contributed by atoms with E-state index in [9.17, 15) is 4.79 Å². The number of aromatic nitrogens is 2. The van der Waals surface area contributed by atoms with Crippen molar-refractivity contribution in [1.29, 1.82) is 0 Å². The van der Waals surface area contributed by atoms with Crippen LogP contribution in [0.25, 0.3) is 0 Å². The number of carbonyl (C=O) groups excluding carboxylic acids is 1. The number of hydrogen-bond donors (Lipinski definition) is 0. The van der Waals surface area contributed by atoms with Gasteiger partial charge < -0.3 is 19.1 Å². The SMILES string of the molecule is Cn1cnc2c1[C@H](COCC1CC1)CN(C(=O)N1CCCC1)C2. The van der Waals surface area contributed by atoms with E-state index in [-0.39, 0.29) is 11.9 Å². The van der Waals surface area contributed by atoms with Crippen LogP contribution in [0, 0.1) is 5.92 Å². The number of hydrogen-bond acceptors (Lipinski definition) is 3. The first-order chi connectivity index (χ1) is 11.2. The number of likely N-dealkylation sites (tertiary alicyclic amines) is 1. The summed E-state index contributed by atoms with van der Waals surface area (Å²) in [5, 5.41) is 0. The van der Waals surface area contributed by atoms with Crippen molar-refractivity contribution in [2.45, 2.75) is 38.1 Å². The summed E-state index contributed by atoms with van der Waals surface area (Å²) in [7, 11) is 2.04. The zero-order chi connectivity index (χ0) is 15.8. The number of carbonyl (C=O) groups is 1. The molecule has 2 aliphatic heterocycles. The fourth-order valence-corrected chi connectivity index (χ4v) is 3.78. The molecule has 1 atom stereocenters. The molecule has 2 fully saturated rings. The van der Waals surface area contributed by atoms with Crippen LogP contribution in [0.15, 0.2) is 6.33 Å². The van der Waals surface area contributed by atoms with Crippen LogP contribution in [0.2, 0.25) is 0 Å². The number of ether oxygens (including phenoxy) is 1. The number of rotatable bonds is 4. The van der Waals surface area contributed by atoms with Gasteiger partial charge >= 0.3 is 6.03 Å². The molecule has 0 spiro atoms. The Morgan fingerprint density at radius 2 is 2.04 bits per heavy atom. The van der Waals surface area contributed by atoms with Gasteiger partial charge in [-0.15, -0.1) is 0 Å². The van der Waals surface area contributed by atoms with Crippen molar-refractivity contribution in [3.63, 3.8) is 0 Å². The van der Waals surface area contributed by atoms with Gasteiger partial charge in [0.2, 0.25) is 0 Å². The third-order valence-corrected chi connectivity index (χ3v) is 5.25. The molecule has 126 valence electrons. The molecule has 3 aliphatic rings. The van der Waals surface area contributed by atoms with Gasteiger partial charge in [-0.2, -0.15) is 0 Å². The number of imidazole rings is 1. The maximum Gasteiger partial charge on any atom is 0.320 e. The van der Waals surface area contributed by atoms with Crippen molar-refractivity contribution in [2.75, 3.05) is 32.8 Å². The van der Waals surface area contributed by atoms with E-state index in [4.69, 9.17) is 4.74 Å². The van der Waals surface area contributed by atoms with Gasteiger partial charge in [0.1, 0.15) is 0 Å². The van der Waals surface area contributed by atoms with Crippen LogP contribution in [0.5, 0.6) is 0 Å². The van der Waals surface area contributed by atoms with E-state index in [0.29, 0.717) is 13.2 Å². The van der Waals surface area contributed by atoms with Gasteiger partial charge in [0.05, 0.1) is 25.2 Å². The molecule has 6 nitrogen and oxygen atoms in total. The van der Waals surface area contributed by atoms with E-state index in [1.165, 1.54) is 18.5 Å². The maximum absolute atomic E-state index is 12.7. The molecule has 6 heteroatoms. The minimum atomic E-state index is 0.172. The highest BCUT2D eigenvalue weighted by molar-refractivity contribution is 5.75. The van der Waals surface area contributed by atoms with Crippen molar-refractivity contribution < 1.29 is 9.53 Å². The molecule has 1 saturated carbocycles. The topological polar surface area (TPSA) is 50.6 Å². The lowest BCUT2D eigenvalue weighted by Crippen LogP contribution is -2.46. The zero-order valence-corrected chi connectivity index (χ0v) is 13.9. The minimum absolute atomic E-state index is 0.172. The van der Waals surface area contributed by atoms with E-state index in [2.05, 4.69) is 9.55 Å². The van der Waals surface area contributed by atoms with Crippen LogP contribution >= 0.6 is 0 Å². The fourth-order valence-electron chi connectivity index (χ4n) is 3.78. The molecule has 0 bridgehead atoms. The Hall–Kier alpha value is -1.56. The summed E-state index contributed by atoms with van der Waals surface area (Å²) in [5.41, 5.74) is 2.28. The lowest BCUT2D eigenvalue weighted by molar-refractivity contribution is 0.0884. The lowest BCUT2D eigenvalue weighted by atomic mass is 9.99. The Kier molecular flexibility index (Phi) is 4.01. The molecule has 0 radical (unpaired) electrons. The molecule has 0 aromatic carbocycles. The number of aryl methyl sites for hydroxylation is 1. The van der Waals surface area contributed by atoms with Crippen LogP contribution in [-0.4, -0.2) is 58.2 Å². The van der Waals surface area contributed by atoms with E-state index in [1.807, 2.05) is 23.2 Å². The smallest absolute Gasteiger partial charge is 0.320 e. The molecule has 23 heavy (non-hydrogen) atoms. The highest BCUT2D eigenvalue weighted by atomic mass is 16.5. The molecule has 1 saturated heterocycles. The predicted molar refractivity (Wildman–Crippen MR) is 86.1 cm³/mol. The van der Waals surface area contributed by atoms with Crippen molar-refractivity contribution >= 4 is 6.03 Å². The van der Waals surface area contributed by atoms with Crippen LogP contribution in [0.4, 0.5) is 4.79 Å².